The smallest absolute Gasteiger partial charge is 0.140 e. The van der Waals surface area contributed by atoms with Crippen LogP contribution in [0.1, 0.15) is 23.4 Å². The predicted octanol–water partition coefficient (Wildman–Crippen LogP) is 0.833. The third kappa shape index (κ3) is 1.05. The molecular formula is C8H11NO2. The zero-order chi connectivity index (χ0) is 7.84. The Balaban J connectivity index is 2.37. The quantitative estimate of drug-likeness (QED) is 0.600. The Morgan fingerprint density at radius 2 is 2.45 bits per heavy atom. The van der Waals surface area contributed by atoms with Crippen molar-refractivity contribution in [1.29, 1.82) is 0 Å². The van der Waals surface area contributed by atoms with E-state index in [1.165, 1.54) is 0 Å². The number of rotatable bonds is 0. The van der Waals surface area contributed by atoms with E-state index in [1.807, 2.05) is 6.92 Å². The van der Waals surface area contributed by atoms with Crippen LogP contribution in [0.2, 0.25) is 0 Å². The summed E-state index contributed by atoms with van der Waals surface area (Å²) < 4.78 is 5.07. The molecule has 1 unspecified atom stereocenters. The first kappa shape index (κ1) is 6.85. The average Bonchev–Trinajstić information content (AvgIpc) is 2.33. The molecule has 11 heavy (non-hydrogen) atoms. The Kier molecular flexibility index (Phi) is 1.46. The summed E-state index contributed by atoms with van der Waals surface area (Å²) >= 11 is 0. The van der Waals surface area contributed by atoms with Crippen molar-refractivity contribution < 1.29 is 9.63 Å². The van der Waals surface area contributed by atoms with Crippen LogP contribution in [0.5, 0.6) is 0 Å². The first-order valence-corrected chi connectivity index (χ1v) is 3.89. The van der Waals surface area contributed by atoms with Gasteiger partial charge in [0.2, 0.25) is 0 Å². The molecule has 0 spiro atoms. The molecule has 0 amide bonds. The van der Waals surface area contributed by atoms with Gasteiger partial charge in [0.1, 0.15) is 5.76 Å². The topological polar surface area (TPSA) is 46.3 Å². The maximum Gasteiger partial charge on any atom is 0.140 e. The monoisotopic (exact) mass is 153 g/mol. The molecule has 1 atom stereocenters. The van der Waals surface area contributed by atoms with Gasteiger partial charge in [-0.1, -0.05) is 5.16 Å². The van der Waals surface area contributed by atoms with Crippen LogP contribution < -0.4 is 0 Å². The number of hydrogen-bond donors (Lipinski definition) is 1. The molecule has 0 bridgehead atoms. The van der Waals surface area contributed by atoms with E-state index in [4.69, 9.17) is 4.52 Å². The van der Waals surface area contributed by atoms with Gasteiger partial charge in [0.15, 0.2) is 0 Å². The fourth-order valence-corrected chi connectivity index (χ4v) is 1.53. The van der Waals surface area contributed by atoms with Gasteiger partial charge in [-0.15, -0.1) is 0 Å². The summed E-state index contributed by atoms with van der Waals surface area (Å²) in [7, 11) is 0. The molecule has 0 radical (unpaired) electrons. The average molecular weight is 153 g/mol. The van der Waals surface area contributed by atoms with Crippen LogP contribution in [0.15, 0.2) is 4.52 Å². The largest absolute Gasteiger partial charge is 0.393 e. The molecule has 60 valence electrons. The summed E-state index contributed by atoms with van der Waals surface area (Å²) in [6.45, 7) is 1.92. The van der Waals surface area contributed by atoms with E-state index in [9.17, 15) is 5.11 Å². The van der Waals surface area contributed by atoms with Gasteiger partial charge in [-0.2, -0.15) is 0 Å². The van der Waals surface area contributed by atoms with Crippen molar-refractivity contribution in [3.63, 3.8) is 0 Å². The lowest BCUT2D eigenvalue weighted by atomic mass is 9.94. The zero-order valence-corrected chi connectivity index (χ0v) is 6.50. The molecular weight excluding hydrogens is 142 g/mol. The second-order valence-corrected chi connectivity index (χ2v) is 3.07. The highest BCUT2D eigenvalue weighted by molar-refractivity contribution is 5.25. The van der Waals surface area contributed by atoms with Gasteiger partial charge >= 0.3 is 0 Å². The highest BCUT2D eigenvalue weighted by Gasteiger charge is 2.22. The van der Waals surface area contributed by atoms with Gasteiger partial charge in [0.25, 0.3) is 0 Å². The molecule has 3 nitrogen and oxygen atoms in total. The van der Waals surface area contributed by atoms with Crippen LogP contribution >= 0.6 is 0 Å². The van der Waals surface area contributed by atoms with Gasteiger partial charge in [-0.25, -0.2) is 0 Å². The summed E-state index contributed by atoms with van der Waals surface area (Å²) in [5.74, 6) is 0.966. The van der Waals surface area contributed by atoms with E-state index >= 15 is 0 Å². The lowest BCUT2D eigenvalue weighted by Crippen LogP contribution is -2.17. The Morgan fingerprint density at radius 3 is 3.27 bits per heavy atom. The van der Waals surface area contributed by atoms with E-state index < -0.39 is 0 Å². The van der Waals surface area contributed by atoms with Crippen LogP contribution in [-0.2, 0) is 12.8 Å². The molecule has 3 heteroatoms. The Hall–Kier alpha value is -0.830. The third-order valence-corrected chi connectivity index (χ3v) is 2.21. The molecule has 1 aromatic heterocycles. The number of aryl methyl sites for hydroxylation is 2. The molecule has 0 aliphatic heterocycles. The van der Waals surface area contributed by atoms with Gasteiger partial charge in [0, 0.05) is 18.4 Å². The first-order chi connectivity index (χ1) is 5.27. The lowest BCUT2D eigenvalue weighted by molar-refractivity contribution is 0.153. The zero-order valence-electron chi connectivity index (χ0n) is 6.50. The van der Waals surface area contributed by atoms with Crippen LogP contribution in [0.25, 0.3) is 0 Å². The van der Waals surface area contributed by atoms with E-state index in [2.05, 4.69) is 5.16 Å². The number of fused-ring (bicyclic) bond motifs is 1. The van der Waals surface area contributed by atoms with Gasteiger partial charge in [-0.3, -0.25) is 0 Å². The van der Waals surface area contributed by atoms with Crippen LogP contribution in [-0.4, -0.2) is 16.4 Å². The van der Waals surface area contributed by atoms with E-state index in [0.29, 0.717) is 6.42 Å². The van der Waals surface area contributed by atoms with Crippen LogP contribution in [0.4, 0.5) is 0 Å². The second kappa shape index (κ2) is 2.34. The number of nitrogens with zero attached hydrogens (tertiary/aromatic N) is 1. The molecule has 0 fully saturated rings. The van der Waals surface area contributed by atoms with Crippen molar-refractivity contribution in [2.75, 3.05) is 0 Å². The summed E-state index contributed by atoms with van der Waals surface area (Å²) in [4.78, 5) is 0. The van der Waals surface area contributed by atoms with Crippen molar-refractivity contribution in [1.82, 2.24) is 5.16 Å². The molecule has 1 aliphatic rings. The number of hydrogen-bond acceptors (Lipinski definition) is 3. The SMILES string of the molecule is Cc1noc2c1CC(O)CC2. The van der Waals surface area contributed by atoms with Crippen molar-refractivity contribution in [3.05, 3.63) is 17.0 Å². The Morgan fingerprint density at radius 1 is 1.64 bits per heavy atom. The van der Waals surface area contributed by atoms with Crippen LogP contribution in [0, 0.1) is 6.92 Å². The summed E-state index contributed by atoms with van der Waals surface area (Å²) in [5.41, 5.74) is 2.04. The number of aromatic nitrogens is 1. The predicted molar refractivity (Wildman–Crippen MR) is 39.3 cm³/mol. The minimum Gasteiger partial charge on any atom is -0.393 e. The standard InChI is InChI=1S/C8H11NO2/c1-5-7-4-6(10)2-3-8(7)11-9-5/h6,10H,2-4H2,1H3. The van der Waals surface area contributed by atoms with Crippen LogP contribution in [0.3, 0.4) is 0 Å². The summed E-state index contributed by atoms with van der Waals surface area (Å²) in [6, 6.07) is 0. The van der Waals surface area contributed by atoms with E-state index in [-0.39, 0.29) is 6.10 Å². The first-order valence-electron chi connectivity index (χ1n) is 3.89. The Labute approximate surface area is 65.0 Å². The molecule has 0 aromatic carbocycles. The molecule has 1 aromatic rings. The minimum atomic E-state index is -0.194. The summed E-state index contributed by atoms with van der Waals surface area (Å²) in [6.07, 6.45) is 2.16. The second-order valence-electron chi connectivity index (χ2n) is 3.07. The lowest BCUT2D eigenvalue weighted by Gasteiger charge is -2.14. The van der Waals surface area contributed by atoms with Crippen molar-refractivity contribution >= 4 is 0 Å². The van der Waals surface area contributed by atoms with E-state index in [0.717, 1.165) is 29.9 Å². The normalized spacial score (nSPS) is 23.3. The highest BCUT2D eigenvalue weighted by Crippen LogP contribution is 2.23. The molecule has 1 N–H and O–H groups in total. The van der Waals surface area contributed by atoms with E-state index in [1.54, 1.807) is 0 Å². The third-order valence-electron chi connectivity index (χ3n) is 2.21. The molecule has 0 saturated heterocycles. The van der Waals surface area contributed by atoms with Gasteiger partial charge in [0.05, 0.1) is 11.8 Å². The maximum atomic E-state index is 9.33. The molecule has 0 saturated carbocycles. The minimum absolute atomic E-state index is 0.194. The van der Waals surface area contributed by atoms with Crippen molar-refractivity contribution in [2.24, 2.45) is 0 Å². The fourth-order valence-electron chi connectivity index (χ4n) is 1.53. The maximum absolute atomic E-state index is 9.33. The van der Waals surface area contributed by atoms with Gasteiger partial charge < -0.3 is 9.63 Å². The Bertz CT molecular complexity index is 267. The summed E-state index contributed by atoms with van der Waals surface area (Å²) in [5, 5.41) is 13.2. The van der Waals surface area contributed by atoms with Crippen molar-refractivity contribution in [2.45, 2.75) is 32.3 Å². The van der Waals surface area contributed by atoms with Crippen molar-refractivity contribution in [3.8, 4) is 0 Å². The highest BCUT2D eigenvalue weighted by atomic mass is 16.5. The molecule has 1 heterocycles. The number of aliphatic hydroxyl groups excluding tert-OH is 1. The molecule has 1 aliphatic carbocycles. The van der Waals surface area contributed by atoms with Gasteiger partial charge in [-0.05, 0) is 13.3 Å². The number of aliphatic hydroxyl groups is 1. The molecule has 2 rings (SSSR count). The fraction of sp³-hybridized carbons (Fsp3) is 0.625.